The maximum Gasteiger partial charge on any atom is 0.101 e. The topological polar surface area (TPSA) is 20.2 Å². The highest BCUT2D eigenvalue weighted by molar-refractivity contribution is 5.80. The maximum absolute atomic E-state index is 10.7. The minimum Gasteiger partial charge on any atom is -0.512 e. The van der Waals surface area contributed by atoms with Crippen molar-refractivity contribution in [2.75, 3.05) is 0 Å². The van der Waals surface area contributed by atoms with E-state index >= 15 is 0 Å². The molecule has 1 unspecified atom stereocenters. The molecule has 1 aliphatic carbocycles. The second kappa shape index (κ2) is 7.53. The van der Waals surface area contributed by atoms with Gasteiger partial charge >= 0.3 is 0 Å². The molecule has 0 saturated carbocycles. The average molecular weight is 347 g/mol. The van der Waals surface area contributed by atoms with Crippen LogP contribution in [0, 0.1) is 12.8 Å². The summed E-state index contributed by atoms with van der Waals surface area (Å²) in [5.41, 5.74) is 8.76. The largest absolute Gasteiger partial charge is 0.512 e. The molecule has 1 atom stereocenters. The van der Waals surface area contributed by atoms with Gasteiger partial charge in [-0.1, -0.05) is 75.2 Å². The van der Waals surface area contributed by atoms with Crippen LogP contribution < -0.4 is 0 Å². The van der Waals surface area contributed by atoms with Crippen LogP contribution >= 0.6 is 0 Å². The quantitative estimate of drug-likeness (QED) is 0.548. The summed E-state index contributed by atoms with van der Waals surface area (Å²) in [4.78, 5) is 0. The number of aryl methyl sites for hydroxylation is 1. The first-order valence-corrected chi connectivity index (χ1v) is 9.74. The van der Waals surface area contributed by atoms with Crippen molar-refractivity contribution in [2.45, 2.75) is 52.9 Å². The number of aliphatic hydroxyl groups is 1. The summed E-state index contributed by atoms with van der Waals surface area (Å²) in [7, 11) is 0. The minimum atomic E-state index is 0.116. The molecular formula is C25H30O. The van der Waals surface area contributed by atoms with E-state index in [9.17, 15) is 5.11 Å². The molecule has 2 aromatic carbocycles. The Labute approximate surface area is 158 Å². The summed E-state index contributed by atoms with van der Waals surface area (Å²) in [6, 6.07) is 13.2. The lowest BCUT2D eigenvalue weighted by molar-refractivity contribution is 0.313. The molecule has 0 bridgehead atoms. The fourth-order valence-electron chi connectivity index (χ4n) is 4.36. The van der Waals surface area contributed by atoms with Crippen molar-refractivity contribution in [1.29, 1.82) is 0 Å². The first kappa shape index (κ1) is 18.5. The Bertz CT molecular complexity index is 835. The molecule has 0 aromatic heterocycles. The lowest BCUT2D eigenvalue weighted by atomic mass is 9.79. The van der Waals surface area contributed by atoms with Crippen LogP contribution in [0.2, 0.25) is 0 Å². The van der Waals surface area contributed by atoms with Crippen molar-refractivity contribution in [3.63, 3.8) is 0 Å². The number of hydrogen-bond acceptors (Lipinski definition) is 1. The standard InChI is InChI=1S/C25H30O/c1-6-19(7-2)24-22(26)15-21-11-8-17(5)23(25(21)24)20-12-9-18(10-13-20)14-16(3)4/h8-13,15,19,24,26H,3,6-7,14H2,1-2,4-5H3. The molecule has 3 rings (SSSR count). The highest BCUT2D eigenvalue weighted by Gasteiger charge is 2.33. The first-order chi connectivity index (χ1) is 12.5. The van der Waals surface area contributed by atoms with Crippen molar-refractivity contribution in [2.24, 2.45) is 5.92 Å². The number of rotatable bonds is 6. The molecule has 0 heterocycles. The van der Waals surface area contributed by atoms with Crippen LogP contribution in [-0.4, -0.2) is 5.11 Å². The highest BCUT2D eigenvalue weighted by atomic mass is 16.3. The van der Waals surface area contributed by atoms with Gasteiger partial charge in [0.05, 0.1) is 0 Å². The molecule has 0 aliphatic heterocycles. The third kappa shape index (κ3) is 3.35. The fraction of sp³-hybridized carbons (Fsp3) is 0.360. The molecule has 1 N–H and O–H groups in total. The Morgan fingerprint density at radius 3 is 2.31 bits per heavy atom. The summed E-state index contributed by atoms with van der Waals surface area (Å²) in [5.74, 6) is 1.11. The molecule has 2 aromatic rings. The Hall–Kier alpha value is -2.28. The van der Waals surface area contributed by atoms with Crippen LogP contribution in [0.4, 0.5) is 0 Å². The third-order valence-corrected chi connectivity index (χ3v) is 5.69. The van der Waals surface area contributed by atoms with Gasteiger partial charge in [0, 0.05) is 5.92 Å². The lowest BCUT2D eigenvalue weighted by Gasteiger charge is -2.26. The Kier molecular flexibility index (Phi) is 5.36. The molecule has 0 amide bonds. The summed E-state index contributed by atoms with van der Waals surface area (Å²) in [6.07, 6.45) is 5.04. The van der Waals surface area contributed by atoms with E-state index in [1.54, 1.807) is 0 Å². The second-order valence-corrected chi connectivity index (χ2v) is 7.71. The zero-order valence-electron chi connectivity index (χ0n) is 16.5. The van der Waals surface area contributed by atoms with Gasteiger partial charge in [-0.15, -0.1) is 0 Å². The van der Waals surface area contributed by atoms with Gasteiger partial charge in [0.15, 0.2) is 0 Å². The lowest BCUT2D eigenvalue weighted by Crippen LogP contribution is -2.13. The highest BCUT2D eigenvalue weighted by Crippen LogP contribution is 2.47. The van der Waals surface area contributed by atoms with Crippen LogP contribution in [0.5, 0.6) is 0 Å². The van der Waals surface area contributed by atoms with Crippen LogP contribution in [0.15, 0.2) is 54.3 Å². The maximum atomic E-state index is 10.7. The van der Waals surface area contributed by atoms with E-state index in [0.717, 1.165) is 19.3 Å². The van der Waals surface area contributed by atoms with Gasteiger partial charge in [-0.05, 0) is 65.6 Å². The fourth-order valence-corrected chi connectivity index (χ4v) is 4.36. The molecule has 1 nitrogen and oxygen atoms in total. The number of aliphatic hydroxyl groups excluding tert-OH is 1. The normalized spacial score (nSPS) is 15.9. The van der Waals surface area contributed by atoms with E-state index < -0.39 is 0 Å². The summed E-state index contributed by atoms with van der Waals surface area (Å²) in [5, 5.41) is 10.7. The third-order valence-electron chi connectivity index (χ3n) is 5.69. The smallest absolute Gasteiger partial charge is 0.101 e. The Balaban J connectivity index is 2.10. The molecule has 0 spiro atoms. The van der Waals surface area contributed by atoms with E-state index in [4.69, 9.17) is 0 Å². The molecular weight excluding hydrogens is 316 g/mol. The van der Waals surface area contributed by atoms with Gasteiger partial charge in [0.1, 0.15) is 5.76 Å². The number of allylic oxidation sites excluding steroid dienone is 2. The predicted octanol–water partition coefficient (Wildman–Crippen LogP) is 7.21. The van der Waals surface area contributed by atoms with Crippen molar-refractivity contribution in [3.8, 4) is 11.1 Å². The van der Waals surface area contributed by atoms with E-state index in [1.807, 2.05) is 6.08 Å². The molecule has 26 heavy (non-hydrogen) atoms. The number of hydrogen-bond donors (Lipinski definition) is 1. The van der Waals surface area contributed by atoms with Crippen LogP contribution in [0.25, 0.3) is 17.2 Å². The first-order valence-electron chi connectivity index (χ1n) is 9.74. The predicted molar refractivity (Wildman–Crippen MR) is 113 cm³/mol. The Morgan fingerprint density at radius 2 is 1.73 bits per heavy atom. The zero-order chi connectivity index (χ0) is 18.8. The SMILES string of the molecule is C=C(C)Cc1ccc(-c2c(C)ccc3c2C(C(CC)CC)C(O)=C3)cc1. The van der Waals surface area contributed by atoms with Gasteiger partial charge in [-0.3, -0.25) is 0 Å². The van der Waals surface area contributed by atoms with Crippen molar-refractivity contribution < 1.29 is 5.11 Å². The van der Waals surface area contributed by atoms with Crippen molar-refractivity contribution >= 4 is 6.08 Å². The Morgan fingerprint density at radius 1 is 1.08 bits per heavy atom. The summed E-state index contributed by atoms with van der Waals surface area (Å²) < 4.78 is 0. The minimum absolute atomic E-state index is 0.116. The molecule has 1 aliphatic rings. The van der Waals surface area contributed by atoms with Gasteiger partial charge in [0.2, 0.25) is 0 Å². The van der Waals surface area contributed by atoms with Gasteiger partial charge < -0.3 is 5.11 Å². The molecule has 0 fully saturated rings. The van der Waals surface area contributed by atoms with Gasteiger partial charge in [0.25, 0.3) is 0 Å². The van der Waals surface area contributed by atoms with E-state index in [2.05, 4.69) is 70.7 Å². The van der Waals surface area contributed by atoms with Gasteiger partial charge in [-0.25, -0.2) is 0 Å². The average Bonchev–Trinajstić information content (AvgIpc) is 2.93. The summed E-state index contributed by atoms with van der Waals surface area (Å²) >= 11 is 0. The molecule has 136 valence electrons. The molecule has 0 radical (unpaired) electrons. The number of benzene rings is 2. The molecule has 1 heteroatoms. The van der Waals surface area contributed by atoms with Gasteiger partial charge in [-0.2, -0.15) is 0 Å². The number of fused-ring (bicyclic) bond motifs is 1. The van der Waals surface area contributed by atoms with Crippen molar-refractivity contribution in [1.82, 2.24) is 0 Å². The van der Waals surface area contributed by atoms with E-state index in [1.165, 1.54) is 39.0 Å². The van der Waals surface area contributed by atoms with Crippen LogP contribution in [0.1, 0.15) is 61.8 Å². The molecule has 0 saturated heterocycles. The summed E-state index contributed by atoms with van der Waals surface area (Å²) in [6.45, 7) is 12.7. The van der Waals surface area contributed by atoms with E-state index in [-0.39, 0.29) is 5.92 Å². The van der Waals surface area contributed by atoms with E-state index in [0.29, 0.717) is 11.7 Å². The second-order valence-electron chi connectivity index (χ2n) is 7.71. The zero-order valence-corrected chi connectivity index (χ0v) is 16.5. The monoisotopic (exact) mass is 346 g/mol. The van der Waals surface area contributed by atoms with Crippen molar-refractivity contribution in [3.05, 3.63) is 76.6 Å². The van der Waals surface area contributed by atoms with Crippen LogP contribution in [0.3, 0.4) is 0 Å². The van der Waals surface area contributed by atoms with Crippen LogP contribution in [-0.2, 0) is 6.42 Å².